The van der Waals surface area contributed by atoms with E-state index in [1.54, 1.807) is 15.7 Å². The maximum absolute atomic E-state index is 12.9. The van der Waals surface area contributed by atoms with E-state index < -0.39 is 10.2 Å². The van der Waals surface area contributed by atoms with E-state index in [-0.39, 0.29) is 0 Å². The highest BCUT2D eigenvalue weighted by molar-refractivity contribution is 7.86. The quantitative estimate of drug-likeness (QED) is 0.795. The van der Waals surface area contributed by atoms with Gasteiger partial charge in [-0.05, 0) is 31.6 Å². The molecule has 8 heteroatoms. The third-order valence-corrected chi connectivity index (χ3v) is 7.22. The van der Waals surface area contributed by atoms with Gasteiger partial charge in [0, 0.05) is 58.6 Å². The van der Waals surface area contributed by atoms with Gasteiger partial charge in [-0.2, -0.15) is 17.0 Å². The van der Waals surface area contributed by atoms with Crippen LogP contribution in [-0.2, 0) is 22.0 Å². The van der Waals surface area contributed by atoms with Gasteiger partial charge in [-0.1, -0.05) is 0 Å². The summed E-state index contributed by atoms with van der Waals surface area (Å²) in [7, 11) is 0.317. The number of imidazole rings is 1. The van der Waals surface area contributed by atoms with Gasteiger partial charge in [0.15, 0.2) is 0 Å². The normalized spacial score (nSPS) is 25.2. The number of aromatic nitrogens is 2. The minimum Gasteiger partial charge on any atom is -0.384 e. The Hall–Kier alpha value is -0.960. The molecule has 24 heavy (non-hydrogen) atoms. The summed E-state index contributed by atoms with van der Waals surface area (Å²) in [5.74, 6) is 1.72. The number of hydrogen-bond donors (Lipinski definition) is 0. The van der Waals surface area contributed by atoms with Crippen molar-refractivity contribution >= 4 is 10.2 Å². The monoisotopic (exact) mass is 356 g/mol. The third kappa shape index (κ3) is 3.66. The molecule has 2 aliphatic heterocycles. The summed E-state index contributed by atoms with van der Waals surface area (Å²) in [5, 5.41) is 0. The van der Waals surface area contributed by atoms with Gasteiger partial charge >= 0.3 is 0 Å². The molecule has 2 aliphatic rings. The Morgan fingerprint density at radius 2 is 1.96 bits per heavy atom. The standard InChI is InChI=1S/C16H28N4O3S/c1-18-11-7-17-16(18)15-5-9-19(10-6-15)24(21,22)20-8-3-4-14(12-20)13-23-2/h7,11,14-15H,3-6,8-10,12-13H2,1-2H3/t14-/m1/s1. The highest BCUT2D eigenvalue weighted by atomic mass is 32.2. The first kappa shape index (κ1) is 17.8. The lowest BCUT2D eigenvalue weighted by Gasteiger charge is -2.38. The summed E-state index contributed by atoms with van der Waals surface area (Å²) >= 11 is 0. The second-order valence-electron chi connectivity index (χ2n) is 6.90. The first-order valence-electron chi connectivity index (χ1n) is 8.73. The van der Waals surface area contributed by atoms with Gasteiger partial charge < -0.3 is 9.30 Å². The minimum absolute atomic E-state index is 0.309. The lowest BCUT2D eigenvalue weighted by molar-refractivity contribution is 0.115. The van der Waals surface area contributed by atoms with Gasteiger partial charge in [0.05, 0.1) is 6.61 Å². The van der Waals surface area contributed by atoms with Crippen LogP contribution in [0.5, 0.6) is 0 Å². The Bertz CT molecular complexity index is 636. The van der Waals surface area contributed by atoms with Crippen LogP contribution >= 0.6 is 0 Å². The lowest BCUT2D eigenvalue weighted by Crippen LogP contribution is -2.50. The molecule has 0 radical (unpaired) electrons. The van der Waals surface area contributed by atoms with Crippen molar-refractivity contribution < 1.29 is 13.2 Å². The molecule has 0 aromatic carbocycles. The molecule has 7 nitrogen and oxygen atoms in total. The molecule has 0 N–H and O–H groups in total. The number of piperidine rings is 2. The molecule has 2 fully saturated rings. The maximum atomic E-state index is 12.9. The van der Waals surface area contributed by atoms with E-state index in [2.05, 4.69) is 4.98 Å². The summed E-state index contributed by atoms with van der Waals surface area (Å²) in [6.45, 7) is 2.99. The van der Waals surface area contributed by atoms with Crippen molar-refractivity contribution in [1.29, 1.82) is 0 Å². The Balaban J connectivity index is 1.61. The summed E-state index contributed by atoms with van der Waals surface area (Å²) in [4.78, 5) is 4.42. The molecule has 3 heterocycles. The second kappa shape index (κ2) is 7.51. The third-order valence-electron chi connectivity index (χ3n) is 5.21. The van der Waals surface area contributed by atoms with Gasteiger partial charge in [-0.25, -0.2) is 4.98 Å². The number of rotatable bonds is 5. The average molecular weight is 356 g/mol. The van der Waals surface area contributed by atoms with Crippen LogP contribution in [0.3, 0.4) is 0 Å². The molecule has 1 atom stereocenters. The first-order chi connectivity index (χ1) is 11.5. The van der Waals surface area contributed by atoms with Crippen LogP contribution in [-0.4, -0.2) is 66.5 Å². The SMILES string of the molecule is COC[C@@H]1CCCN(S(=O)(=O)N2CCC(c3nccn3C)CC2)C1. The molecule has 3 rings (SSSR count). The topological polar surface area (TPSA) is 67.7 Å². The molecular formula is C16H28N4O3S. The van der Waals surface area contributed by atoms with Crippen molar-refractivity contribution in [2.45, 2.75) is 31.6 Å². The number of methoxy groups -OCH3 is 1. The van der Waals surface area contributed by atoms with Gasteiger partial charge in [-0.3, -0.25) is 0 Å². The fraction of sp³-hybridized carbons (Fsp3) is 0.812. The summed E-state index contributed by atoms with van der Waals surface area (Å²) in [6, 6.07) is 0. The number of hydrogen-bond acceptors (Lipinski definition) is 4. The van der Waals surface area contributed by atoms with E-state index in [0.29, 0.717) is 44.6 Å². The van der Waals surface area contributed by atoms with E-state index in [9.17, 15) is 8.42 Å². The molecule has 0 unspecified atom stereocenters. The van der Waals surface area contributed by atoms with Crippen LogP contribution < -0.4 is 0 Å². The average Bonchev–Trinajstić information content (AvgIpc) is 3.02. The van der Waals surface area contributed by atoms with Crippen molar-refractivity contribution in [2.24, 2.45) is 13.0 Å². The van der Waals surface area contributed by atoms with Crippen molar-refractivity contribution in [3.05, 3.63) is 18.2 Å². The molecule has 2 saturated heterocycles. The van der Waals surface area contributed by atoms with Crippen molar-refractivity contribution in [2.75, 3.05) is 39.9 Å². The summed E-state index contributed by atoms with van der Waals surface area (Å²) in [5.41, 5.74) is 0. The van der Waals surface area contributed by atoms with E-state index >= 15 is 0 Å². The molecule has 0 bridgehead atoms. The van der Waals surface area contributed by atoms with Crippen LogP contribution in [0.2, 0.25) is 0 Å². The van der Waals surface area contributed by atoms with E-state index in [1.807, 2.05) is 24.0 Å². The largest absolute Gasteiger partial charge is 0.384 e. The Morgan fingerprint density at radius 1 is 1.21 bits per heavy atom. The van der Waals surface area contributed by atoms with Gasteiger partial charge in [0.1, 0.15) is 5.82 Å². The fourth-order valence-corrected chi connectivity index (χ4v) is 5.64. The zero-order valence-electron chi connectivity index (χ0n) is 14.6. The maximum Gasteiger partial charge on any atom is 0.281 e. The van der Waals surface area contributed by atoms with Crippen molar-refractivity contribution in [1.82, 2.24) is 18.2 Å². The second-order valence-corrected chi connectivity index (χ2v) is 8.83. The molecule has 0 aliphatic carbocycles. The summed E-state index contributed by atoms with van der Waals surface area (Å²) in [6.07, 6.45) is 7.38. The van der Waals surface area contributed by atoms with Gasteiger partial charge in [0.2, 0.25) is 0 Å². The van der Waals surface area contributed by atoms with Crippen molar-refractivity contribution in [3.63, 3.8) is 0 Å². The number of ether oxygens (including phenoxy) is 1. The molecular weight excluding hydrogens is 328 g/mol. The van der Waals surface area contributed by atoms with Crippen LogP contribution in [0.15, 0.2) is 12.4 Å². The Labute approximate surface area is 144 Å². The van der Waals surface area contributed by atoms with E-state index in [4.69, 9.17) is 4.74 Å². The van der Waals surface area contributed by atoms with Gasteiger partial charge in [-0.15, -0.1) is 0 Å². The molecule has 1 aromatic rings. The van der Waals surface area contributed by atoms with Crippen LogP contribution in [0.1, 0.15) is 37.4 Å². The number of nitrogens with zero attached hydrogens (tertiary/aromatic N) is 4. The first-order valence-corrected chi connectivity index (χ1v) is 10.1. The molecule has 0 spiro atoms. The lowest BCUT2D eigenvalue weighted by atomic mass is 9.97. The zero-order chi connectivity index (χ0) is 17.2. The number of aryl methyl sites for hydroxylation is 1. The predicted molar refractivity (Wildman–Crippen MR) is 91.8 cm³/mol. The Morgan fingerprint density at radius 3 is 2.58 bits per heavy atom. The van der Waals surface area contributed by atoms with Gasteiger partial charge in [0.25, 0.3) is 10.2 Å². The fourth-order valence-electron chi connectivity index (χ4n) is 3.89. The predicted octanol–water partition coefficient (Wildman–Crippen LogP) is 1.20. The smallest absolute Gasteiger partial charge is 0.281 e. The summed E-state index contributed by atoms with van der Waals surface area (Å²) < 4.78 is 36.4. The molecule has 1 aromatic heterocycles. The highest BCUT2D eigenvalue weighted by Crippen LogP contribution is 2.29. The van der Waals surface area contributed by atoms with Crippen LogP contribution in [0, 0.1) is 5.92 Å². The van der Waals surface area contributed by atoms with Crippen LogP contribution in [0.25, 0.3) is 0 Å². The van der Waals surface area contributed by atoms with Crippen molar-refractivity contribution in [3.8, 4) is 0 Å². The highest BCUT2D eigenvalue weighted by Gasteiger charge is 2.36. The molecule has 0 amide bonds. The van der Waals surface area contributed by atoms with E-state index in [1.165, 1.54) is 0 Å². The zero-order valence-corrected chi connectivity index (χ0v) is 15.4. The minimum atomic E-state index is -3.35. The van der Waals surface area contributed by atoms with E-state index in [0.717, 1.165) is 31.5 Å². The molecule has 0 saturated carbocycles. The Kier molecular flexibility index (Phi) is 5.59. The van der Waals surface area contributed by atoms with Crippen LogP contribution in [0.4, 0.5) is 0 Å². The molecule has 136 valence electrons.